The molecule has 11 nitrogen and oxygen atoms in total. The average Bonchev–Trinajstić information content (AvgIpc) is 3.45. The fourth-order valence-electron chi connectivity index (χ4n) is 6.86. The number of amides is 1. The first kappa shape index (κ1) is 31.7. The standard InChI is InChI=1S/C39H26N4O7S/c1-2-43-30-15-6-5-11-24(30)27-20-22(17-18-31(27)43)40-39(47)28-19-21-9-3-4-10-23(21)35(38(28)46)42-41-29-14-7-12-25-33(29)36(44)26-13-8-16-32(51(48,49)50)34(26)37(25)45/h3-20,46H,2H2,1H3,(H,40,47)(H,48,49,50)/b42-41+. The number of hydrogen-bond acceptors (Lipinski definition) is 8. The number of azo groups is 1. The van der Waals surface area contributed by atoms with Crippen LogP contribution in [0.15, 0.2) is 124 Å². The molecule has 250 valence electrons. The highest BCUT2D eigenvalue weighted by Crippen LogP contribution is 2.42. The molecule has 0 aliphatic heterocycles. The third kappa shape index (κ3) is 5.07. The van der Waals surface area contributed by atoms with Gasteiger partial charge < -0.3 is 15.0 Å². The van der Waals surface area contributed by atoms with Crippen molar-refractivity contribution in [3.8, 4) is 5.75 Å². The fraction of sp³-hybridized carbons (Fsp3) is 0.0513. The van der Waals surface area contributed by atoms with E-state index < -0.39 is 43.8 Å². The third-order valence-electron chi connectivity index (χ3n) is 9.13. The summed E-state index contributed by atoms with van der Waals surface area (Å²) in [5, 5.41) is 26.1. The molecule has 0 radical (unpaired) electrons. The number of carbonyl (C=O) groups is 3. The van der Waals surface area contributed by atoms with Crippen LogP contribution in [0, 0.1) is 0 Å². The minimum absolute atomic E-state index is 0.0216. The first-order chi connectivity index (χ1) is 24.6. The van der Waals surface area contributed by atoms with Crippen LogP contribution in [0.3, 0.4) is 0 Å². The van der Waals surface area contributed by atoms with Gasteiger partial charge in [0.15, 0.2) is 17.3 Å². The Labute approximate surface area is 290 Å². The van der Waals surface area contributed by atoms with Crippen LogP contribution in [0.2, 0.25) is 0 Å². The van der Waals surface area contributed by atoms with Crippen molar-refractivity contribution in [2.75, 3.05) is 5.32 Å². The van der Waals surface area contributed by atoms with E-state index in [-0.39, 0.29) is 33.6 Å². The fourth-order valence-corrected chi connectivity index (χ4v) is 7.57. The zero-order valence-corrected chi connectivity index (χ0v) is 27.6. The first-order valence-electron chi connectivity index (χ1n) is 15.9. The zero-order valence-electron chi connectivity index (χ0n) is 26.8. The van der Waals surface area contributed by atoms with Crippen molar-refractivity contribution in [2.24, 2.45) is 10.2 Å². The molecule has 0 spiro atoms. The second-order valence-electron chi connectivity index (χ2n) is 12.0. The Kier molecular flexibility index (Phi) is 7.36. The topological polar surface area (TPSA) is 167 Å². The molecule has 1 aliphatic rings. The van der Waals surface area contributed by atoms with Crippen molar-refractivity contribution < 1.29 is 32.5 Å². The minimum Gasteiger partial charge on any atom is -0.505 e. The molecule has 0 fully saturated rings. The number of carbonyl (C=O) groups excluding carboxylic acids is 3. The maximum absolute atomic E-state index is 13.8. The summed E-state index contributed by atoms with van der Waals surface area (Å²) in [5.74, 6) is -2.51. The molecule has 1 heterocycles. The minimum atomic E-state index is -4.81. The highest BCUT2D eigenvalue weighted by Gasteiger charge is 2.36. The summed E-state index contributed by atoms with van der Waals surface area (Å²) in [4.78, 5) is 40.3. The van der Waals surface area contributed by atoms with Crippen LogP contribution < -0.4 is 5.32 Å². The third-order valence-corrected chi connectivity index (χ3v) is 10.0. The molecule has 1 amide bonds. The summed E-state index contributed by atoms with van der Waals surface area (Å²) in [6.07, 6.45) is 0. The number of aromatic hydroxyl groups is 1. The van der Waals surface area contributed by atoms with Crippen LogP contribution in [0.4, 0.5) is 17.1 Å². The Balaban J connectivity index is 1.19. The molecule has 0 atom stereocenters. The number of benzene rings is 6. The predicted molar refractivity (Wildman–Crippen MR) is 192 cm³/mol. The molecule has 8 rings (SSSR count). The number of nitrogens with one attached hydrogen (secondary N) is 1. The number of aryl methyl sites for hydroxylation is 1. The van der Waals surface area contributed by atoms with Crippen LogP contribution in [0.5, 0.6) is 5.75 Å². The molecule has 12 heteroatoms. The van der Waals surface area contributed by atoms with Gasteiger partial charge in [0.1, 0.15) is 10.6 Å². The van der Waals surface area contributed by atoms with E-state index in [1.54, 1.807) is 36.4 Å². The Hall–Kier alpha value is -6.50. The Morgan fingerprint density at radius 1 is 0.745 bits per heavy atom. The van der Waals surface area contributed by atoms with E-state index in [0.29, 0.717) is 16.5 Å². The Bertz CT molecular complexity index is 2820. The van der Waals surface area contributed by atoms with Gasteiger partial charge in [-0.25, -0.2) is 0 Å². The molecule has 0 bridgehead atoms. The Morgan fingerprint density at radius 2 is 1.41 bits per heavy atom. The monoisotopic (exact) mass is 694 g/mol. The van der Waals surface area contributed by atoms with E-state index >= 15 is 0 Å². The summed E-state index contributed by atoms with van der Waals surface area (Å²) in [5.41, 5.74) is 1.62. The van der Waals surface area contributed by atoms with Crippen molar-refractivity contribution in [3.05, 3.63) is 137 Å². The number of phenols is 1. The SMILES string of the molecule is CCn1c2ccccc2c2cc(NC(=O)c3cc4ccccc4c(/N=N/c4cccc5c4C(=O)c4cccc(S(=O)(=O)O)c4C5=O)c3O)ccc21. The summed E-state index contributed by atoms with van der Waals surface area (Å²) < 4.78 is 36.0. The van der Waals surface area contributed by atoms with Gasteiger partial charge >= 0.3 is 0 Å². The molecule has 6 aromatic carbocycles. The molecule has 1 aromatic heterocycles. The molecule has 1 aliphatic carbocycles. The van der Waals surface area contributed by atoms with Crippen molar-refractivity contribution >= 4 is 77.2 Å². The van der Waals surface area contributed by atoms with E-state index in [1.165, 1.54) is 30.3 Å². The second kappa shape index (κ2) is 11.8. The summed E-state index contributed by atoms with van der Waals surface area (Å²) >= 11 is 0. The number of phenolic OH excluding ortho intramolecular Hbond substituents is 1. The van der Waals surface area contributed by atoms with Crippen LogP contribution in [0.1, 0.15) is 49.1 Å². The lowest BCUT2D eigenvalue weighted by atomic mass is 9.83. The largest absolute Gasteiger partial charge is 0.505 e. The molecule has 3 N–H and O–H groups in total. The summed E-state index contributed by atoms with van der Waals surface area (Å²) in [6, 6.07) is 30.1. The Morgan fingerprint density at radius 3 is 2.18 bits per heavy atom. The second-order valence-corrected chi connectivity index (χ2v) is 13.4. The van der Waals surface area contributed by atoms with E-state index in [4.69, 9.17) is 0 Å². The first-order valence-corrected chi connectivity index (χ1v) is 17.3. The normalized spacial score (nSPS) is 12.9. The highest BCUT2D eigenvalue weighted by molar-refractivity contribution is 7.86. The predicted octanol–water partition coefficient (Wildman–Crippen LogP) is 8.36. The van der Waals surface area contributed by atoms with E-state index in [2.05, 4.69) is 33.1 Å². The quantitative estimate of drug-likeness (QED) is 0.116. The lowest BCUT2D eigenvalue weighted by Crippen LogP contribution is -2.23. The van der Waals surface area contributed by atoms with Gasteiger partial charge in [-0.15, -0.1) is 10.2 Å². The van der Waals surface area contributed by atoms with Gasteiger partial charge in [0, 0.05) is 50.6 Å². The number of hydrogen-bond donors (Lipinski definition) is 3. The molecule has 0 unspecified atom stereocenters. The van der Waals surface area contributed by atoms with Gasteiger partial charge in [0.2, 0.25) is 0 Å². The van der Waals surface area contributed by atoms with Crippen LogP contribution in [-0.4, -0.2) is 40.1 Å². The van der Waals surface area contributed by atoms with Gasteiger partial charge in [0.25, 0.3) is 16.0 Å². The van der Waals surface area contributed by atoms with E-state index in [0.717, 1.165) is 34.4 Å². The lowest BCUT2D eigenvalue weighted by molar-refractivity contribution is 0.0977. The van der Waals surface area contributed by atoms with Gasteiger partial charge in [-0.1, -0.05) is 66.7 Å². The number of fused-ring (bicyclic) bond motifs is 6. The van der Waals surface area contributed by atoms with Crippen LogP contribution in [0.25, 0.3) is 32.6 Å². The number of ketones is 2. The number of aromatic nitrogens is 1. The van der Waals surface area contributed by atoms with Crippen molar-refractivity contribution in [2.45, 2.75) is 18.4 Å². The lowest BCUT2D eigenvalue weighted by Gasteiger charge is -2.20. The summed E-state index contributed by atoms with van der Waals surface area (Å²) in [6.45, 7) is 2.85. The number of anilines is 1. The van der Waals surface area contributed by atoms with E-state index in [1.807, 2.05) is 30.3 Å². The molecule has 0 saturated carbocycles. The molecular weight excluding hydrogens is 669 g/mol. The van der Waals surface area contributed by atoms with Gasteiger partial charge in [-0.2, -0.15) is 8.42 Å². The summed E-state index contributed by atoms with van der Waals surface area (Å²) in [7, 11) is -4.81. The van der Waals surface area contributed by atoms with Crippen LogP contribution in [-0.2, 0) is 16.7 Å². The van der Waals surface area contributed by atoms with E-state index in [9.17, 15) is 32.5 Å². The van der Waals surface area contributed by atoms with Gasteiger partial charge in [0.05, 0.1) is 22.4 Å². The van der Waals surface area contributed by atoms with Crippen molar-refractivity contribution in [1.29, 1.82) is 0 Å². The molecule has 0 saturated heterocycles. The smallest absolute Gasteiger partial charge is 0.295 e. The van der Waals surface area contributed by atoms with Crippen molar-refractivity contribution in [1.82, 2.24) is 4.57 Å². The van der Waals surface area contributed by atoms with Gasteiger partial charge in [-0.05, 0) is 54.8 Å². The maximum atomic E-state index is 13.8. The maximum Gasteiger partial charge on any atom is 0.295 e. The van der Waals surface area contributed by atoms with Gasteiger partial charge in [-0.3, -0.25) is 18.9 Å². The average molecular weight is 695 g/mol. The number of para-hydroxylation sites is 1. The number of nitrogens with zero attached hydrogens (tertiary/aromatic N) is 3. The molecule has 7 aromatic rings. The molecule has 51 heavy (non-hydrogen) atoms. The molecular formula is C39H26N4O7S. The highest BCUT2D eigenvalue weighted by atomic mass is 32.2. The number of rotatable bonds is 6. The van der Waals surface area contributed by atoms with Crippen molar-refractivity contribution in [3.63, 3.8) is 0 Å². The zero-order chi connectivity index (χ0) is 35.6. The van der Waals surface area contributed by atoms with Crippen LogP contribution >= 0.6 is 0 Å².